The van der Waals surface area contributed by atoms with E-state index in [4.69, 9.17) is 5.26 Å². The first kappa shape index (κ1) is 7.28. The third-order valence-electron chi connectivity index (χ3n) is 1.12. The highest BCUT2D eigenvalue weighted by atomic mass is 16.1. The molecule has 1 rings (SSSR count). The Labute approximate surface area is 61.5 Å². The van der Waals surface area contributed by atoms with Crippen LogP contribution in [-0.4, -0.2) is 9.78 Å². The quantitative estimate of drug-likeness (QED) is 0.562. The van der Waals surface area contributed by atoms with Crippen molar-refractivity contribution in [2.24, 2.45) is 0 Å². The van der Waals surface area contributed by atoms with Gasteiger partial charge in [0.25, 0.3) is 11.1 Å². The van der Waals surface area contributed by atoms with Gasteiger partial charge in [0, 0.05) is 12.1 Å². The zero-order valence-electron chi connectivity index (χ0n) is 5.57. The second-order valence-corrected chi connectivity index (χ2v) is 1.89. The number of nitrogens with one attached hydrogen (secondary N) is 1. The van der Waals surface area contributed by atoms with Crippen molar-refractivity contribution in [1.29, 1.82) is 5.26 Å². The average Bonchev–Trinajstić information content (AvgIpc) is 1.98. The predicted molar refractivity (Wildman–Crippen MR) is 36.9 cm³/mol. The second-order valence-electron chi connectivity index (χ2n) is 1.89. The molecule has 0 atom stereocenters. The van der Waals surface area contributed by atoms with Crippen LogP contribution < -0.4 is 11.1 Å². The molecule has 0 aliphatic carbocycles. The molecule has 0 aliphatic rings. The molecule has 11 heavy (non-hydrogen) atoms. The lowest BCUT2D eigenvalue weighted by Gasteiger charge is -1.95. The van der Waals surface area contributed by atoms with Gasteiger partial charge in [-0.05, 0) is 0 Å². The standard InChI is InChI=1S/C6H5N3O2/c7-3-4-9-6(11)2-1-5(10)8-9/h1-2H,4H2,(H,8,10). The highest BCUT2D eigenvalue weighted by molar-refractivity contribution is 4.87. The molecule has 0 fully saturated rings. The number of rotatable bonds is 1. The highest BCUT2D eigenvalue weighted by Crippen LogP contribution is 1.67. The summed E-state index contributed by atoms with van der Waals surface area (Å²) in [6.07, 6.45) is 0. The maximum Gasteiger partial charge on any atom is 0.266 e. The summed E-state index contributed by atoms with van der Waals surface area (Å²) in [5.74, 6) is 0. The van der Waals surface area contributed by atoms with Crippen molar-refractivity contribution in [2.45, 2.75) is 6.54 Å². The van der Waals surface area contributed by atoms with E-state index in [1.807, 2.05) is 0 Å². The van der Waals surface area contributed by atoms with Crippen LogP contribution >= 0.6 is 0 Å². The van der Waals surface area contributed by atoms with Gasteiger partial charge in [-0.15, -0.1) is 0 Å². The van der Waals surface area contributed by atoms with Gasteiger partial charge in [-0.25, -0.2) is 4.68 Å². The topological polar surface area (TPSA) is 78.7 Å². The number of nitrogens with zero attached hydrogens (tertiary/aromatic N) is 2. The minimum absolute atomic E-state index is 0.130. The van der Waals surface area contributed by atoms with Gasteiger partial charge in [0.2, 0.25) is 0 Å². The van der Waals surface area contributed by atoms with Crippen LogP contribution in [0.4, 0.5) is 0 Å². The molecule has 1 N–H and O–H groups in total. The number of hydrogen-bond donors (Lipinski definition) is 1. The van der Waals surface area contributed by atoms with Gasteiger partial charge in [0.05, 0.1) is 6.07 Å². The minimum atomic E-state index is -0.389. The molecule has 5 heteroatoms. The summed E-state index contributed by atoms with van der Waals surface area (Å²) in [6, 6.07) is 3.99. The molecule has 0 unspecified atom stereocenters. The van der Waals surface area contributed by atoms with Gasteiger partial charge in [0.1, 0.15) is 6.54 Å². The summed E-state index contributed by atoms with van der Waals surface area (Å²) in [5.41, 5.74) is -0.772. The van der Waals surface area contributed by atoms with Crippen molar-refractivity contribution >= 4 is 0 Å². The molecule has 1 aromatic heterocycles. The largest absolute Gasteiger partial charge is 0.268 e. The van der Waals surface area contributed by atoms with Crippen molar-refractivity contribution in [1.82, 2.24) is 9.78 Å². The van der Waals surface area contributed by atoms with Crippen LogP contribution in [0.3, 0.4) is 0 Å². The van der Waals surface area contributed by atoms with Crippen LogP contribution in [-0.2, 0) is 6.54 Å². The first-order valence-electron chi connectivity index (χ1n) is 2.91. The minimum Gasteiger partial charge on any atom is -0.268 e. The Morgan fingerprint density at radius 1 is 1.55 bits per heavy atom. The van der Waals surface area contributed by atoms with Crippen molar-refractivity contribution < 1.29 is 0 Å². The van der Waals surface area contributed by atoms with E-state index in [9.17, 15) is 9.59 Å². The lowest BCUT2D eigenvalue weighted by atomic mass is 10.5. The SMILES string of the molecule is N#CCn1[nH]c(=O)ccc1=O. The molecule has 56 valence electrons. The third kappa shape index (κ3) is 1.55. The number of hydrogen-bond acceptors (Lipinski definition) is 3. The van der Waals surface area contributed by atoms with E-state index in [1.165, 1.54) is 0 Å². The lowest BCUT2D eigenvalue weighted by molar-refractivity contribution is 0.645. The van der Waals surface area contributed by atoms with Crippen molar-refractivity contribution in [3.05, 3.63) is 32.8 Å². The maximum absolute atomic E-state index is 10.8. The van der Waals surface area contributed by atoms with Gasteiger partial charge < -0.3 is 0 Å². The van der Waals surface area contributed by atoms with Crippen molar-refractivity contribution in [2.75, 3.05) is 0 Å². The van der Waals surface area contributed by atoms with Crippen molar-refractivity contribution in [3.8, 4) is 6.07 Å². The first-order chi connectivity index (χ1) is 5.24. The fourth-order valence-corrected chi connectivity index (χ4v) is 0.650. The Bertz CT molecular complexity index is 395. The van der Waals surface area contributed by atoms with E-state index in [0.29, 0.717) is 0 Å². The highest BCUT2D eigenvalue weighted by Gasteiger charge is 1.92. The molecule has 0 saturated heterocycles. The molecule has 0 bridgehead atoms. The molecule has 5 nitrogen and oxygen atoms in total. The molecule has 0 spiro atoms. The summed E-state index contributed by atoms with van der Waals surface area (Å²) in [6.45, 7) is -0.130. The molecule has 0 aromatic carbocycles. The molecule has 0 radical (unpaired) electrons. The Balaban J connectivity index is 3.26. The summed E-state index contributed by atoms with van der Waals surface area (Å²) in [4.78, 5) is 21.4. The van der Waals surface area contributed by atoms with Gasteiger partial charge in [-0.1, -0.05) is 0 Å². The Morgan fingerprint density at radius 2 is 2.27 bits per heavy atom. The summed E-state index contributed by atoms with van der Waals surface area (Å²) >= 11 is 0. The normalized spacial score (nSPS) is 9.00. The Hall–Kier alpha value is -1.83. The van der Waals surface area contributed by atoms with Crippen LogP contribution in [0.5, 0.6) is 0 Å². The van der Waals surface area contributed by atoms with Gasteiger partial charge in [0.15, 0.2) is 0 Å². The summed E-state index contributed by atoms with van der Waals surface area (Å²) in [5, 5.41) is 10.4. The van der Waals surface area contributed by atoms with E-state index >= 15 is 0 Å². The summed E-state index contributed by atoms with van der Waals surface area (Å²) in [7, 11) is 0. The second kappa shape index (κ2) is 2.84. The van der Waals surface area contributed by atoms with Crippen molar-refractivity contribution in [3.63, 3.8) is 0 Å². The number of H-pyrrole nitrogens is 1. The number of nitriles is 1. The van der Waals surface area contributed by atoms with E-state index in [2.05, 4.69) is 5.10 Å². The van der Waals surface area contributed by atoms with Crippen LogP contribution in [0.2, 0.25) is 0 Å². The number of aromatic nitrogens is 2. The van der Waals surface area contributed by atoms with Crippen LogP contribution in [0, 0.1) is 11.3 Å². The Morgan fingerprint density at radius 3 is 2.91 bits per heavy atom. The fraction of sp³-hybridized carbons (Fsp3) is 0.167. The molecule has 1 aromatic rings. The van der Waals surface area contributed by atoms with Gasteiger partial charge >= 0.3 is 0 Å². The Kier molecular flexibility index (Phi) is 1.88. The van der Waals surface area contributed by atoms with Crippen LogP contribution in [0.1, 0.15) is 0 Å². The van der Waals surface area contributed by atoms with Crippen LogP contribution in [0.15, 0.2) is 21.7 Å². The molecule has 1 heterocycles. The maximum atomic E-state index is 10.8. The van der Waals surface area contributed by atoms with Crippen LogP contribution in [0.25, 0.3) is 0 Å². The molecule has 0 aliphatic heterocycles. The lowest BCUT2D eigenvalue weighted by Crippen LogP contribution is -2.27. The summed E-state index contributed by atoms with van der Waals surface area (Å²) < 4.78 is 0.947. The molecular weight excluding hydrogens is 146 g/mol. The molecule has 0 amide bonds. The molecular formula is C6H5N3O2. The fourth-order valence-electron chi connectivity index (χ4n) is 0.650. The van der Waals surface area contributed by atoms with E-state index in [0.717, 1.165) is 16.8 Å². The predicted octanol–water partition coefficient (Wildman–Crippen LogP) is -0.940. The van der Waals surface area contributed by atoms with Gasteiger partial charge in [-0.3, -0.25) is 14.7 Å². The zero-order chi connectivity index (χ0) is 8.27. The third-order valence-corrected chi connectivity index (χ3v) is 1.12. The van der Waals surface area contributed by atoms with E-state index < -0.39 is 0 Å². The van der Waals surface area contributed by atoms with E-state index in [-0.39, 0.29) is 17.7 Å². The first-order valence-corrected chi connectivity index (χ1v) is 2.91. The smallest absolute Gasteiger partial charge is 0.266 e. The monoisotopic (exact) mass is 151 g/mol. The van der Waals surface area contributed by atoms with E-state index in [1.54, 1.807) is 6.07 Å². The average molecular weight is 151 g/mol. The molecule has 0 saturated carbocycles. The van der Waals surface area contributed by atoms with Gasteiger partial charge in [-0.2, -0.15) is 5.26 Å². The number of aromatic amines is 1. The zero-order valence-corrected chi connectivity index (χ0v) is 5.57.